The van der Waals surface area contributed by atoms with Crippen molar-refractivity contribution in [1.29, 1.82) is 0 Å². The molecule has 0 aliphatic rings. The normalized spacial score (nSPS) is 11.0. The summed E-state index contributed by atoms with van der Waals surface area (Å²) in [7, 11) is 0. The molecule has 5 heteroatoms. The van der Waals surface area contributed by atoms with Crippen LogP contribution in [0.1, 0.15) is 22.5 Å². The maximum absolute atomic E-state index is 12.6. The van der Waals surface area contributed by atoms with E-state index in [1.54, 1.807) is 17.8 Å². The van der Waals surface area contributed by atoms with Crippen LogP contribution >= 0.6 is 23.4 Å². The second kappa shape index (κ2) is 8.24. The Hall–Kier alpha value is -2.17. The predicted octanol–water partition coefficient (Wildman–Crippen LogP) is 5.93. The van der Waals surface area contributed by atoms with E-state index in [0.717, 1.165) is 27.1 Å². The minimum atomic E-state index is -0.511. The SMILES string of the molecule is Cc1cc(C)c(-c2c(O)cc(CCSc3ccccc3Cl)oc2=O)c(C)c1. The van der Waals surface area contributed by atoms with Crippen LogP contribution in [0.4, 0.5) is 0 Å². The summed E-state index contributed by atoms with van der Waals surface area (Å²) in [5, 5.41) is 11.2. The van der Waals surface area contributed by atoms with Crippen molar-refractivity contribution in [3.05, 3.63) is 80.4 Å². The van der Waals surface area contributed by atoms with Gasteiger partial charge in [0.15, 0.2) is 0 Å². The average molecular weight is 401 g/mol. The van der Waals surface area contributed by atoms with Crippen LogP contribution in [0.25, 0.3) is 11.1 Å². The molecule has 3 rings (SSSR count). The van der Waals surface area contributed by atoms with Crippen LogP contribution in [0.2, 0.25) is 5.02 Å². The lowest BCUT2D eigenvalue weighted by atomic mass is 9.94. The standard InChI is InChI=1S/C22H21ClO3S/c1-13-10-14(2)20(15(3)11-13)21-18(24)12-16(26-22(21)25)8-9-27-19-7-5-4-6-17(19)23/h4-7,10-12,24H,8-9H2,1-3H3. The van der Waals surface area contributed by atoms with Crippen molar-refractivity contribution in [3.63, 3.8) is 0 Å². The van der Waals surface area contributed by atoms with Crippen molar-refractivity contribution in [2.24, 2.45) is 0 Å². The van der Waals surface area contributed by atoms with Crippen molar-refractivity contribution < 1.29 is 9.52 Å². The second-order valence-corrected chi connectivity index (χ2v) is 8.11. The second-order valence-electron chi connectivity index (χ2n) is 6.56. The third-order valence-corrected chi connectivity index (χ3v) is 5.87. The monoisotopic (exact) mass is 400 g/mol. The minimum Gasteiger partial charge on any atom is -0.507 e. The lowest BCUT2D eigenvalue weighted by Crippen LogP contribution is -2.08. The van der Waals surface area contributed by atoms with Crippen molar-refractivity contribution in [2.75, 3.05) is 5.75 Å². The van der Waals surface area contributed by atoms with E-state index in [1.165, 1.54) is 0 Å². The highest BCUT2D eigenvalue weighted by Crippen LogP contribution is 2.33. The Morgan fingerprint density at radius 1 is 1.04 bits per heavy atom. The Morgan fingerprint density at radius 2 is 1.70 bits per heavy atom. The molecule has 0 radical (unpaired) electrons. The number of halogens is 1. The molecule has 0 saturated heterocycles. The Balaban J connectivity index is 1.84. The van der Waals surface area contributed by atoms with Crippen molar-refractivity contribution in [1.82, 2.24) is 0 Å². The van der Waals surface area contributed by atoms with E-state index in [-0.39, 0.29) is 11.3 Å². The molecule has 1 N–H and O–H groups in total. The third kappa shape index (κ3) is 4.40. The molecule has 0 amide bonds. The van der Waals surface area contributed by atoms with E-state index in [2.05, 4.69) is 0 Å². The molecule has 0 unspecified atom stereocenters. The van der Waals surface area contributed by atoms with Crippen LogP contribution < -0.4 is 5.63 Å². The first-order chi connectivity index (χ1) is 12.9. The van der Waals surface area contributed by atoms with E-state index in [9.17, 15) is 9.90 Å². The largest absolute Gasteiger partial charge is 0.507 e. The fraction of sp³-hybridized carbons (Fsp3) is 0.227. The van der Waals surface area contributed by atoms with Gasteiger partial charge >= 0.3 is 5.63 Å². The molecule has 1 heterocycles. The fourth-order valence-electron chi connectivity index (χ4n) is 3.28. The summed E-state index contributed by atoms with van der Waals surface area (Å²) in [5.41, 5.74) is 3.46. The van der Waals surface area contributed by atoms with Crippen LogP contribution in [-0.4, -0.2) is 10.9 Å². The molecule has 0 aliphatic heterocycles. The van der Waals surface area contributed by atoms with Gasteiger partial charge in [-0.05, 0) is 49.6 Å². The van der Waals surface area contributed by atoms with Gasteiger partial charge in [-0.2, -0.15) is 0 Å². The van der Waals surface area contributed by atoms with Crippen molar-refractivity contribution in [2.45, 2.75) is 32.1 Å². The van der Waals surface area contributed by atoms with Gasteiger partial charge in [-0.3, -0.25) is 0 Å². The molecule has 3 nitrogen and oxygen atoms in total. The third-order valence-electron chi connectivity index (χ3n) is 4.35. The van der Waals surface area contributed by atoms with Crippen LogP contribution in [0.3, 0.4) is 0 Å². The van der Waals surface area contributed by atoms with E-state index in [4.69, 9.17) is 16.0 Å². The molecule has 3 aromatic rings. The Morgan fingerprint density at radius 3 is 2.33 bits per heavy atom. The van der Waals surface area contributed by atoms with E-state index in [0.29, 0.717) is 23.0 Å². The Kier molecular flexibility index (Phi) is 5.98. The van der Waals surface area contributed by atoms with Gasteiger partial charge in [-0.15, -0.1) is 11.8 Å². The molecule has 0 aliphatic carbocycles. The van der Waals surface area contributed by atoms with Gasteiger partial charge in [0, 0.05) is 23.1 Å². The summed E-state index contributed by atoms with van der Waals surface area (Å²) in [5.74, 6) is 1.11. The van der Waals surface area contributed by atoms with Crippen LogP contribution in [0, 0.1) is 20.8 Å². The molecule has 0 bridgehead atoms. The van der Waals surface area contributed by atoms with Gasteiger partial charge in [0.2, 0.25) is 0 Å². The first-order valence-corrected chi connectivity index (χ1v) is 10.0. The lowest BCUT2D eigenvalue weighted by molar-refractivity contribution is 0.430. The molecule has 1 aromatic heterocycles. The molecule has 0 atom stereocenters. The number of thioether (sulfide) groups is 1. The topological polar surface area (TPSA) is 50.4 Å². The predicted molar refractivity (Wildman–Crippen MR) is 112 cm³/mol. The molecule has 27 heavy (non-hydrogen) atoms. The average Bonchev–Trinajstić information content (AvgIpc) is 2.58. The minimum absolute atomic E-state index is 0.0425. The zero-order valence-corrected chi connectivity index (χ0v) is 17.1. The number of rotatable bonds is 5. The highest BCUT2D eigenvalue weighted by Gasteiger charge is 2.17. The highest BCUT2D eigenvalue weighted by atomic mass is 35.5. The van der Waals surface area contributed by atoms with Crippen LogP contribution in [-0.2, 0) is 6.42 Å². The van der Waals surface area contributed by atoms with Crippen molar-refractivity contribution in [3.8, 4) is 16.9 Å². The molecule has 140 valence electrons. The maximum atomic E-state index is 12.6. The van der Waals surface area contributed by atoms with Gasteiger partial charge in [0.25, 0.3) is 0 Å². The number of benzene rings is 2. The summed E-state index contributed by atoms with van der Waals surface area (Å²) >= 11 is 7.74. The van der Waals surface area contributed by atoms with Crippen LogP contribution in [0.5, 0.6) is 5.75 Å². The molecule has 0 saturated carbocycles. The van der Waals surface area contributed by atoms with Crippen LogP contribution in [0.15, 0.2) is 56.6 Å². The first-order valence-electron chi connectivity index (χ1n) is 8.68. The van der Waals surface area contributed by atoms with Gasteiger partial charge in [-0.25, -0.2) is 4.79 Å². The summed E-state index contributed by atoms with van der Waals surface area (Å²) in [6.45, 7) is 5.87. The number of hydrogen-bond donors (Lipinski definition) is 1. The van der Waals surface area contributed by atoms with Gasteiger partial charge in [0.1, 0.15) is 17.1 Å². The summed E-state index contributed by atoms with van der Waals surface area (Å²) in [6, 6.07) is 13.1. The molecule has 2 aromatic carbocycles. The summed E-state index contributed by atoms with van der Waals surface area (Å²) in [4.78, 5) is 13.6. The molecule has 0 spiro atoms. The zero-order valence-electron chi connectivity index (χ0n) is 15.5. The summed E-state index contributed by atoms with van der Waals surface area (Å²) < 4.78 is 5.49. The number of aryl methyl sites for hydroxylation is 4. The quantitative estimate of drug-likeness (QED) is 0.539. The highest BCUT2D eigenvalue weighted by molar-refractivity contribution is 7.99. The number of aromatic hydroxyl groups is 1. The van der Waals surface area contributed by atoms with Crippen molar-refractivity contribution >= 4 is 23.4 Å². The van der Waals surface area contributed by atoms with E-state index < -0.39 is 5.63 Å². The van der Waals surface area contributed by atoms with E-state index >= 15 is 0 Å². The van der Waals surface area contributed by atoms with Gasteiger partial charge in [0.05, 0.1) is 5.02 Å². The molecular weight excluding hydrogens is 380 g/mol. The Bertz CT molecular complexity index is 1020. The van der Waals surface area contributed by atoms with Gasteiger partial charge < -0.3 is 9.52 Å². The van der Waals surface area contributed by atoms with E-state index in [1.807, 2.05) is 57.2 Å². The Labute approximate surface area is 168 Å². The lowest BCUT2D eigenvalue weighted by Gasteiger charge is -2.12. The number of hydrogen-bond acceptors (Lipinski definition) is 4. The smallest absolute Gasteiger partial charge is 0.347 e. The molecule has 0 fully saturated rings. The maximum Gasteiger partial charge on any atom is 0.347 e. The first kappa shape index (κ1) is 19.6. The summed E-state index contributed by atoms with van der Waals surface area (Å²) in [6.07, 6.45) is 0.519. The molecular formula is C22H21ClO3S. The fourth-order valence-corrected chi connectivity index (χ4v) is 4.48. The van der Waals surface area contributed by atoms with Gasteiger partial charge in [-0.1, -0.05) is 41.4 Å². The zero-order chi connectivity index (χ0) is 19.6.